The maximum Gasteiger partial charge on any atom is 0.269 e. The second-order valence-electron chi connectivity index (χ2n) is 5.78. The Morgan fingerprint density at radius 1 is 1.08 bits per heavy atom. The molecule has 1 aliphatic rings. The van der Waals surface area contributed by atoms with Gasteiger partial charge in [-0.1, -0.05) is 35.3 Å². The van der Waals surface area contributed by atoms with E-state index in [0.29, 0.717) is 21.4 Å². The van der Waals surface area contributed by atoms with Crippen LogP contribution in [-0.4, -0.2) is 11.8 Å². The largest absolute Gasteiger partial charge is 0.273 e. The fraction of sp³-hybridized carbons (Fsp3) is 0.222. The van der Waals surface area contributed by atoms with Crippen LogP contribution < -0.4 is 10.9 Å². The Hall–Kier alpha value is -1.69. The monoisotopic (exact) mass is 394 g/mol. The average Bonchev–Trinajstić information content (AvgIpc) is 3.45. The van der Waals surface area contributed by atoms with Crippen molar-refractivity contribution in [2.75, 3.05) is 0 Å². The van der Waals surface area contributed by atoms with Crippen molar-refractivity contribution in [3.05, 3.63) is 63.6 Å². The van der Waals surface area contributed by atoms with E-state index in [2.05, 4.69) is 10.9 Å². The van der Waals surface area contributed by atoms with E-state index < -0.39 is 0 Å². The first kappa shape index (κ1) is 18.1. The standard InChI is InChI=1S/C18H16Cl2N2O2S/c19-14-6-7-15(20)16(9-14)25-10-11-2-1-3-13(8-11)18(24)22-21-17(23)12-4-5-12/h1-3,6-9,12H,4-5,10H2,(H,21,23)(H,22,24). The summed E-state index contributed by atoms with van der Waals surface area (Å²) in [6, 6.07) is 12.6. The molecule has 2 aromatic rings. The lowest BCUT2D eigenvalue weighted by Crippen LogP contribution is -2.42. The highest BCUT2D eigenvalue weighted by Crippen LogP contribution is 2.32. The third-order valence-electron chi connectivity index (χ3n) is 3.72. The first-order valence-corrected chi connectivity index (χ1v) is 9.54. The third-order valence-corrected chi connectivity index (χ3v) is 5.53. The molecule has 25 heavy (non-hydrogen) atoms. The fourth-order valence-corrected chi connectivity index (χ4v) is 3.63. The molecule has 0 radical (unpaired) electrons. The number of thioether (sulfide) groups is 1. The van der Waals surface area contributed by atoms with Crippen LogP contribution in [0, 0.1) is 5.92 Å². The summed E-state index contributed by atoms with van der Waals surface area (Å²) in [5, 5.41) is 1.28. The Labute approximate surface area is 160 Å². The summed E-state index contributed by atoms with van der Waals surface area (Å²) in [5.74, 6) is 0.234. The van der Waals surface area contributed by atoms with Gasteiger partial charge in [0.2, 0.25) is 5.91 Å². The Bertz CT molecular complexity index is 809. The molecule has 4 nitrogen and oxygen atoms in total. The first-order chi connectivity index (χ1) is 12.0. The highest BCUT2D eigenvalue weighted by molar-refractivity contribution is 7.98. The van der Waals surface area contributed by atoms with Crippen LogP contribution >= 0.6 is 35.0 Å². The molecular formula is C18H16Cl2N2O2S. The molecule has 1 fully saturated rings. The maximum absolute atomic E-state index is 12.1. The van der Waals surface area contributed by atoms with Crippen LogP contribution in [0.3, 0.4) is 0 Å². The minimum absolute atomic E-state index is 0.0467. The van der Waals surface area contributed by atoms with Crippen LogP contribution in [0.15, 0.2) is 47.4 Å². The van der Waals surface area contributed by atoms with Gasteiger partial charge < -0.3 is 0 Å². The maximum atomic E-state index is 12.1. The van der Waals surface area contributed by atoms with Crippen LogP contribution in [0.5, 0.6) is 0 Å². The van der Waals surface area contributed by atoms with Crippen LogP contribution in [-0.2, 0) is 10.5 Å². The van der Waals surface area contributed by atoms with E-state index in [-0.39, 0.29) is 17.7 Å². The Kier molecular flexibility index (Phi) is 5.89. The van der Waals surface area contributed by atoms with Gasteiger partial charge in [0.05, 0.1) is 5.02 Å². The lowest BCUT2D eigenvalue weighted by atomic mass is 10.1. The van der Waals surface area contributed by atoms with Gasteiger partial charge in [0.1, 0.15) is 0 Å². The van der Waals surface area contributed by atoms with Crippen molar-refractivity contribution in [2.24, 2.45) is 5.92 Å². The summed E-state index contributed by atoms with van der Waals surface area (Å²) in [7, 11) is 0. The van der Waals surface area contributed by atoms with Crippen molar-refractivity contribution >= 4 is 46.8 Å². The molecule has 2 aromatic carbocycles. The van der Waals surface area contributed by atoms with Crippen molar-refractivity contribution < 1.29 is 9.59 Å². The van der Waals surface area contributed by atoms with E-state index in [1.165, 1.54) is 0 Å². The summed E-state index contributed by atoms with van der Waals surface area (Å²) in [5.41, 5.74) is 6.38. The number of hydrazine groups is 1. The molecule has 0 spiro atoms. The molecule has 0 aromatic heterocycles. The Morgan fingerprint density at radius 3 is 2.64 bits per heavy atom. The number of amides is 2. The smallest absolute Gasteiger partial charge is 0.269 e. The van der Waals surface area contributed by atoms with Gasteiger partial charge in [-0.05, 0) is 48.7 Å². The Balaban J connectivity index is 1.59. The number of carbonyl (C=O) groups is 2. The topological polar surface area (TPSA) is 58.2 Å². The minimum atomic E-state index is -0.332. The van der Waals surface area contributed by atoms with Crippen molar-refractivity contribution in [2.45, 2.75) is 23.5 Å². The predicted octanol–water partition coefficient (Wildman–Crippen LogP) is 4.46. The van der Waals surface area contributed by atoms with Gasteiger partial charge in [-0.15, -0.1) is 11.8 Å². The van der Waals surface area contributed by atoms with Gasteiger partial charge in [0, 0.05) is 27.2 Å². The molecule has 0 saturated heterocycles. The fourth-order valence-electron chi connectivity index (χ4n) is 2.19. The lowest BCUT2D eigenvalue weighted by Gasteiger charge is -2.09. The second-order valence-corrected chi connectivity index (χ2v) is 7.64. The van der Waals surface area contributed by atoms with Gasteiger partial charge >= 0.3 is 0 Å². The molecule has 0 aliphatic heterocycles. The molecule has 0 unspecified atom stereocenters. The van der Waals surface area contributed by atoms with Crippen LogP contribution in [0.4, 0.5) is 0 Å². The summed E-state index contributed by atoms with van der Waals surface area (Å²) >= 11 is 13.7. The molecule has 2 N–H and O–H groups in total. The Morgan fingerprint density at radius 2 is 1.88 bits per heavy atom. The molecule has 7 heteroatoms. The van der Waals surface area contributed by atoms with Crippen molar-refractivity contribution in [1.29, 1.82) is 0 Å². The quantitative estimate of drug-likeness (QED) is 0.581. The lowest BCUT2D eigenvalue weighted by molar-refractivity contribution is -0.123. The molecule has 2 amide bonds. The molecule has 0 atom stereocenters. The predicted molar refractivity (Wildman–Crippen MR) is 101 cm³/mol. The molecule has 0 bridgehead atoms. The molecule has 1 saturated carbocycles. The number of hydrogen-bond acceptors (Lipinski definition) is 3. The molecule has 1 aliphatic carbocycles. The first-order valence-electron chi connectivity index (χ1n) is 7.80. The van der Waals surface area contributed by atoms with Gasteiger partial charge in [-0.2, -0.15) is 0 Å². The van der Waals surface area contributed by atoms with Gasteiger partial charge in [-0.25, -0.2) is 0 Å². The second kappa shape index (κ2) is 8.13. The van der Waals surface area contributed by atoms with Gasteiger partial charge in [0.25, 0.3) is 5.91 Å². The number of nitrogens with one attached hydrogen (secondary N) is 2. The van der Waals surface area contributed by atoms with E-state index in [0.717, 1.165) is 23.3 Å². The van der Waals surface area contributed by atoms with Crippen molar-refractivity contribution in [3.8, 4) is 0 Å². The van der Waals surface area contributed by atoms with Crippen LogP contribution in [0.25, 0.3) is 0 Å². The van der Waals surface area contributed by atoms with Crippen molar-refractivity contribution in [3.63, 3.8) is 0 Å². The average molecular weight is 395 g/mol. The normalized spacial score (nSPS) is 13.4. The van der Waals surface area contributed by atoms with Crippen LogP contribution in [0.2, 0.25) is 10.0 Å². The van der Waals surface area contributed by atoms with Crippen molar-refractivity contribution in [1.82, 2.24) is 10.9 Å². The summed E-state index contributed by atoms with van der Waals surface area (Å²) in [6.07, 6.45) is 1.78. The zero-order valence-corrected chi connectivity index (χ0v) is 15.5. The molecule has 3 rings (SSSR count). The summed E-state index contributed by atoms with van der Waals surface area (Å²) in [6.45, 7) is 0. The van der Waals surface area contributed by atoms with Gasteiger partial charge in [-0.3, -0.25) is 20.4 Å². The highest BCUT2D eigenvalue weighted by Gasteiger charge is 2.29. The highest BCUT2D eigenvalue weighted by atomic mass is 35.5. The van der Waals surface area contributed by atoms with Gasteiger partial charge in [0.15, 0.2) is 0 Å². The zero-order valence-electron chi connectivity index (χ0n) is 13.2. The number of rotatable bonds is 5. The number of benzene rings is 2. The minimum Gasteiger partial charge on any atom is -0.273 e. The third kappa shape index (κ3) is 5.14. The van der Waals surface area contributed by atoms with E-state index in [1.807, 2.05) is 18.2 Å². The SMILES string of the molecule is O=C(NNC(=O)C1CC1)c1cccc(CSc2cc(Cl)ccc2Cl)c1. The zero-order chi connectivity index (χ0) is 17.8. The van der Waals surface area contributed by atoms with Crippen LogP contribution in [0.1, 0.15) is 28.8 Å². The van der Waals surface area contributed by atoms with E-state index in [1.54, 1.807) is 36.0 Å². The molecule has 0 heterocycles. The number of hydrogen-bond donors (Lipinski definition) is 2. The molecule has 130 valence electrons. The van der Waals surface area contributed by atoms with E-state index >= 15 is 0 Å². The van der Waals surface area contributed by atoms with E-state index in [4.69, 9.17) is 23.2 Å². The summed E-state index contributed by atoms with van der Waals surface area (Å²) < 4.78 is 0. The van der Waals surface area contributed by atoms with E-state index in [9.17, 15) is 9.59 Å². The number of carbonyl (C=O) groups excluding carboxylic acids is 2. The summed E-state index contributed by atoms with van der Waals surface area (Å²) in [4.78, 5) is 24.6. The molecular weight excluding hydrogens is 379 g/mol. The number of halogens is 2.